The molecule has 0 bridgehead atoms. The Morgan fingerprint density at radius 1 is 1.26 bits per heavy atom. The van der Waals surface area contributed by atoms with E-state index < -0.39 is 0 Å². The van der Waals surface area contributed by atoms with Gasteiger partial charge in [0, 0.05) is 5.02 Å². The fourth-order valence-electron chi connectivity index (χ4n) is 1.49. The number of nitrogens with one attached hydrogen (secondary N) is 1. The van der Waals surface area contributed by atoms with Crippen LogP contribution in [0, 0.1) is 0 Å². The van der Waals surface area contributed by atoms with Crippen molar-refractivity contribution in [3.05, 3.63) is 46.2 Å². The Morgan fingerprint density at radius 3 is 2.42 bits per heavy atom. The van der Waals surface area contributed by atoms with Crippen LogP contribution in [0.15, 0.2) is 40.8 Å². The van der Waals surface area contributed by atoms with Gasteiger partial charge in [-0.15, -0.1) is 0 Å². The Bertz CT molecular complexity index is 457. The average molecular weight is 280 g/mol. The molecule has 0 aliphatic rings. The lowest BCUT2D eigenvalue weighted by molar-refractivity contribution is 0.805. The van der Waals surface area contributed by atoms with E-state index in [1.165, 1.54) is 0 Å². The number of unbranched alkanes of at least 4 members (excludes halogenated alkanes) is 1. The highest BCUT2D eigenvalue weighted by Gasteiger charge is 2.04. The van der Waals surface area contributed by atoms with Crippen molar-refractivity contribution in [3.8, 4) is 0 Å². The lowest BCUT2D eigenvalue weighted by Crippen LogP contribution is -2.18. The Hall–Kier alpha value is -1.48. The van der Waals surface area contributed by atoms with Gasteiger partial charge in [0.05, 0.1) is 5.71 Å². The van der Waals surface area contributed by atoms with E-state index in [9.17, 15) is 0 Å². The van der Waals surface area contributed by atoms with Crippen LogP contribution >= 0.6 is 11.6 Å². The largest absolute Gasteiger partial charge is 0.384 e. The number of rotatable bonds is 6. The van der Waals surface area contributed by atoms with Crippen molar-refractivity contribution >= 4 is 17.3 Å². The summed E-state index contributed by atoms with van der Waals surface area (Å²) in [7, 11) is 0. The van der Waals surface area contributed by atoms with Crippen LogP contribution < -0.4 is 11.2 Å². The van der Waals surface area contributed by atoms with Crippen molar-refractivity contribution in [2.45, 2.75) is 40.0 Å². The van der Waals surface area contributed by atoms with Gasteiger partial charge < -0.3 is 5.73 Å². The molecule has 0 saturated carbocycles. The number of allylic oxidation sites excluding steroid dienone is 1. The third-order valence-electron chi connectivity index (χ3n) is 2.79. The maximum Gasteiger partial charge on any atom is 0.115 e. The van der Waals surface area contributed by atoms with E-state index in [-0.39, 0.29) is 0 Å². The molecular formula is C15H22ClN3. The predicted molar refractivity (Wildman–Crippen MR) is 83.2 cm³/mol. The first kappa shape index (κ1) is 15.6. The molecule has 0 spiro atoms. The summed E-state index contributed by atoms with van der Waals surface area (Å²) in [5, 5.41) is 5.15. The molecule has 4 heteroatoms. The number of hydrogen-bond donors (Lipinski definition) is 2. The van der Waals surface area contributed by atoms with Crippen LogP contribution in [0.2, 0.25) is 5.02 Å². The monoisotopic (exact) mass is 279 g/mol. The molecule has 0 amide bonds. The maximum atomic E-state index is 5.91. The minimum Gasteiger partial charge on any atom is -0.384 e. The maximum absolute atomic E-state index is 5.91. The van der Waals surface area contributed by atoms with Crippen LogP contribution in [0.5, 0.6) is 0 Å². The fraction of sp³-hybridized carbons (Fsp3) is 0.400. The van der Waals surface area contributed by atoms with Crippen molar-refractivity contribution in [2.75, 3.05) is 0 Å². The Balaban J connectivity index is 2.91. The van der Waals surface area contributed by atoms with Crippen LogP contribution in [0.3, 0.4) is 0 Å². The molecule has 3 N–H and O–H groups in total. The molecule has 1 aromatic rings. The van der Waals surface area contributed by atoms with E-state index in [4.69, 9.17) is 17.3 Å². The summed E-state index contributed by atoms with van der Waals surface area (Å²) < 4.78 is 0. The third-order valence-corrected chi connectivity index (χ3v) is 3.05. The minimum atomic E-state index is 0.600. The summed E-state index contributed by atoms with van der Waals surface area (Å²) in [5.74, 6) is 0.600. The average Bonchev–Trinajstić information content (AvgIpc) is 2.39. The minimum absolute atomic E-state index is 0.600. The topological polar surface area (TPSA) is 50.4 Å². The predicted octanol–water partition coefficient (Wildman–Crippen LogP) is 4.03. The number of nitrogens with two attached hydrogens (primary N) is 1. The summed E-state index contributed by atoms with van der Waals surface area (Å²) >= 11 is 5.91. The SMILES string of the molecule is CCCC/C(=N\NC(N)=C(C)C)c1ccc(Cl)cc1. The number of hydrogen-bond acceptors (Lipinski definition) is 3. The normalized spacial score (nSPS) is 11.3. The van der Waals surface area contributed by atoms with Gasteiger partial charge in [-0.25, -0.2) is 0 Å². The third kappa shape index (κ3) is 5.35. The van der Waals surface area contributed by atoms with Gasteiger partial charge in [0.25, 0.3) is 0 Å². The van der Waals surface area contributed by atoms with Gasteiger partial charge in [-0.1, -0.05) is 37.1 Å². The zero-order valence-electron chi connectivity index (χ0n) is 11.8. The highest BCUT2D eigenvalue weighted by atomic mass is 35.5. The number of nitrogens with zero attached hydrogens (tertiary/aromatic N) is 1. The molecule has 0 atom stereocenters. The van der Waals surface area contributed by atoms with Crippen LogP contribution in [0.1, 0.15) is 45.6 Å². The first-order chi connectivity index (χ1) is 9.04. The molecule has 0 heterocycles. The molecule has 0 radical (unpaired) electrons. The lowest BCUT2D eigenvalue weighted by Gasteiger charge is -2.09. The van der Waals surface area contributed by atoms with Crippen LogP contribution in [-0.2, 0) is 0 Å². The summed E-state index contributed by atoms with van der Waals surface area (Å²) in [5.41, 5.74) is 11.9. The second kappa shape index (κ2) is 7.85. The molecule has 0 aliphatic carbocycles. The van der Waals surface area contributed by atoms with Gasteiger partial charge in [0.1, 0.15) is 5.82 Å². The molecule has 1 rings (SSSR count). The summed E-state index contributed by atoms with van der Waals surface area (Å²) in [6.07, 6.45) is 3.14. The highest BCUT2D eigenvalue weighted by Crippen LogP contribution is 2.13. The molecular weight excluding hydrogens is 258 g/mol. The van der Waals surface area contributed by atoms with Crippen molar-refractivity contribution in [1.82, 2.24) is 5.43 Å². The van der Waals surface area contributed by atoms with Gasteiger partial charge in [-0.2, -0.15) is 5.10 Å². The molecule has 104 valence electrons. The van der Waals surface area contributed by atoms with Gasteiger partial charge in [-0.3, -0.25) is 5.43 Å². The van der Waals surface area contributed by atoms with Crippen molar-refractivity contribution in [2.24, 2.45) is 10.8 Å². The van der Waals surface area contributed by atoms with E-state index >= 15 is 0 Å². The Morgan fingerprint density at radius 2 is 1.89 bits per heavy atom. The first-order valence-corrected chi connectivity index (χ1v) is 6.93. The second-order valence-electron chi connectivity index (χ2n) is 4.69. The first-order valence-electron chi connectivity index (χ1n) is 6.56. The van der Waals surface area contributed by atoms with Gasteiger partial charge in [0.15, 0.2) is 0 Å². The molecule has 19 heavy (non-hydrogen) atoms. The standard InChI is InChI=1S/C15H22ClN3/c1-4-5-6-14(18-19-15(17)11(2)3)12-7-9-13(16)10-8-12/h7-10,19H,4-6,17H2,1-3H3/b18-14+. The summed E-state index contributed by atoms with van der Waals surface area (Å²) in [6.45, 7) is 6.06. The second-order valence-corrected chi connectivity index (χ2v) is 5.13. The van der Waals surface area contributed by atoms with Crippen LogP contribution in [-0.4, -0.2) is 5.71 Å². The quantitative estimate of drug-likeness (QED) is 0.610. The molecule has 0 unspecified atom stereocenters. The molecule has 0 aromatic heterocycles. The summed E-state index contributed by atoms with van der Waals surface area (Å²) in [6, 6.07) is 7.72. The van der Waals surface area contributed by atoms with E-state index in [1.807, 2.05) is 38.1 Å². The zero-order valence-corrected chi connectivity index (χ0v) is 12.6. The number of benzene rings is 1. The van der Waals surface area contributed by atoms with Gasteiger partial charge in [0.2, 0.25) is 0 Å². The fourth-order valence-corrected chi connectivity index (χ4v) is 1.62. The summed E-state index contributed by atoms with van der Waals surface area (Å²) in [4.78, 5) is 0. The molecule has 0 saturated heterocycles. The van der Waals surface area contributed by atoms with Crippen molar-refractivity contribution < 1.29 is 0 Å². The highest BCUT2D eigenvalue weighted by molar-refractivity contribution is 6.30. The molecule has 3 nitrogen and oxygen atoms in total. The van der Waals surface area contributed by atoms with Crippen molar-refractivity contribution in [1.29, 1.82) is 0 Å². The van der Waals surface area contributed by atoms with Gasteiger partial charge >= 0.3 is 0 Å². The molecule has 1 aromatic carbocycles. The Labute approximate surface area is 120 Å². The van der Waals surface area contributed by atoms with E-state index in [0.29, 0.717) is 5.82 Å². The lowest BCUT2D eigenvalue weighted by atomic mass is 10.1. The number of halogens is 1. The molecule has 0 fully saturated rings. The van der Waals surface area contributed by atoms with Crippen LogP contribution in [0.25, 0.3) is 0 Å². The van der Waals surface area contributed by atoms with Crippen LogP contribution in [0.4, 0.5) is 0 Å². The van der Waals surface area contributed by atoms with E-state index in [2.05, 4.69) is 17.5 Å². The zero-order chi connectivity index (χ0) is 14.3. The van der Waals surface area contributed by atoms with Gasteiger partial charge in [-0.05, 0) is 50.0 Å². The molecule has 0 aliphatic heterocycles. The smallest absolute Gasteiger partial charge is 0.115 e. The van der Waals surface area contributed by atoms with Crippen molar-refractivity contribution in [3.63, 3.8) is 0 Å². The Kier molecular flexibility index (Phi) is 6.43. The van der Waals surface area contributed by atoms with E-state index in [1.54, 1.807) is 0 Å². The van der Waals surface area contributed by atoms with E-state index in [0.717, 1.165) is 41.1 Å². The number of hydrazone groups is 1.